The zero-order chi connectivity index (χ0) is 17.4. The fourth-order valence-electron chi connectivity index (χ4n) is 3.12. The largest absolute Gasteiger partial charge is 0.341 e. The van der Waals surface area contributed by atoms with Gasteiger partial charge < -0.3 is 4.90 Å². The van der Waals surface area contributed by atoms with Crippen molar-refractivity contribution in [2.45, 2.75) is 32.2 Å². The highest BCUT2D eigenvalue weighted by atomic mass is 35.5. The molecule has 0 spiro atoms. The first-order valence-corrected chi connectivity index (χ1v) is 8.39. The van der Waals surface area contributed by atoms with Gasteiger partial charge in [-0.15, -0.1) is 0 Å². The number of aryl methyl sites for hydroxylation is 1. The van der Waals surface area contributed by atoms with Crippen molar-refractivity contribution in [2.24, 2.45) is 14.1 Å². The third-order valence-corrected chi connectivity index (χ3v) is 4.84. The van der Waals surface area contributed by atoms with Crippen molar-refractivity contribution in [1.82, 2.24) is 23.6 Å². The number of nitrogens with zero attached hydrogens (tertiary/aromatic N) is 5. The summed E-state index contributed by atoms with van der Waals surface area (Å²) in [5.41, 5.74) is -0.617. The van der Waals surface area contributed by atoms with Crippen molar-refractivity contribution in [3.8, 4) is 0 Å². The lowest BCUT2D eigenvalue weighted by Gasteiger charge is -2.20. The summed E-state index contributed by atoms with van der Waals surface area (Å²) in [7, 11) is 2.92. The molecule has 1 amide bonds. The Kier molecular flexibility index (Phi) is 4.49. The topological polar surface area (TPSA) is 82.1 Å². The second-order valence-electron chi connectivity index (χ2n) is 6.14. The van der Waals surface area contributed by atoms with E-state index in [0.717, 1.165) is 43.3 Å². The van der Waals surface area contributed by atoms with E-state index in [-0.39, 0.29) is 28.9 Å². The van der Waals surface area contributed by atoms with Gasteiger partial charge >= 0.3 is 5.69 Å². The molecule has 130 valence electrons. The summed E-state index contributed by atoms with van der Waals surface area (Å²) in [6.45, 7) is 1.39. The van der Waals surface area contributed by atoms with E-state index >= 15 is 0 Å². The predicted molar refractivity (Wildman–Crippen MR) is 90.3 cm³/mol. The Morgan fingerprint density at radius 1 is 1.08 bits per heavy atom. The molecule has 0 atom stereocenters. The average molecular weight is 354 g/mol. The highest BCUT2D eigenvalue weighted by Gasteiger charge is 2.22. The van der Waals surface area contributed by atoms with Crippen molar-refractivity contribution in [1.29, 1.82) is 0 Å². The minimum absolute atomic E-state index is 0.0338. The monoisotopic (exact) mass is 353 g/mol. The maximum Gasteiger partial charge on any atom is 0.332 e. The summed E-state index contributed by atoms with van der Waals surface area (Å²) in [5, 5.41) is 0.0338. The predicted octanol–water partition coefficient (Wildman–Crippen LogP) is 0.490. The van der Waals surface area contributed by atoms with Crippen molar-refractivity contribution < 1.29 is 4.79 Å². The van der Waals surface area contributed by atoms with Gasteiger partial charge in [-0.1, -0.05) is 12.8 Å². The number of carbonyl (C=O) groups is 1. The number of hydrogen-bond donors (Lipinski definition) is 0. The molecule has 8 nitrogen and oxygen atoms in total. The van der Waals surface area contributed by atoms with Crippen LogP contribution in [-0.2, 0) is 25.4 Å². The third kappa shape index (κ3) is 2.75. The number of fused-ring (bicyclic) bond motifs is 1. The Hall–Kier alpha value is -2.09. The van der Waals surface area contributed by atoms with Crippen LogP contribution in [0.3, 0.4) is 0 Å². The summed E-state index contributed by atoms with van der Waals surface area (Å²) < 4.78 is 3.65. The van der Waals surface area contributed by atoms with E-state index in [2.05, 4.69) is 4.98 Å². The van der Waals surface area contributed by atoms with Crippen molar-refractivity contribution in [3.05, 3.63) is 26.1 Å². The molecule has 1 aliphatic heterocycles. The number of imidazole rings is 1. The first-order chi connectivity index (χ1) is 11.4. The maximum absolute atomic E-state index is 12.6. The number of aromatic nitrogens is 4. The van der Waals surface area contributed by atoms with Gasteiger partial charge in [0.25, 0.3) is 5.56 Å². The van der Waals surface area contributed by atoms with Gasteiger partial charge in [0, 0.05) is 27.2 Å². The Balaban J connectivity index is 2.04. The summed E-state index contributed by atoms with van der Waals surface area (Å²) in [4.78, 5) is 43.0. The van der Waals surface area contributed by atoms with Crippen molar-refractivity contribution >= 4 is 28.7 Å². The highest BCUT2D eigenvalue weighted by Crippen LogP contribution is 2.17. The van der Waals surface area contributed by atoms with Gasteiger partial charge in [-0.05, 0) is 24.4 Å². The van der Waals surface area contributed by atoms with E-state index in [0.29, 0.717) is 0 Å². The molecule has 2 aromatic rings. The van der Waals surface area contributed by atoms with Crippen molar-refractivity contribution in [3.63, 3.8) is 0 Å². The molecule has 0 saturated carbocycles. The number of rotatable bonds is 2. The lowest BCUT2D eigenvalue weighted by Crippen LogP contribution is -2.38. The van der Waals surface area contributed by atoms with Gasteiger partial charge in [-0.2, -0.15) is 4.98 Å². The lowest BCUT2D eigenvalue weighted by atomic mass is 10.2. The quantitative estimate of drug-likeness (QED) is 0.736. The fourth-order valence-corrected chi connectivity index (χ4v) is 3.34. The molecule has 3 rings (SSSR count). The van der Waals surface area contributed by atoms with E-state index in [1.54, 1.807) is 0 Å². The van der Waals surface area contributed by atoms with Crippen LogP contribution >= 0.6 is 11.6 Å². The number of amides is 1. The average Bonchev–Trinajstić information content (AvgIpc) is 2.76. The van der Waals surface area contributed by atoms with E-state index < -0.39 is 11.2 Å². The Morgan fingerprint density at radius 2 is 1.71 bits per heavy atom. The van der Waals surface area contributed by atoms with E-state index in [4.69, 9.17) is 11.6 Å². The zero-order valence-corrected chi connectivity index (χ0v) is 14.5. The smallest absolute Gasteiger partial charge is 0.332 e. The van der Waals surface area contributed by atoms with Gasteiger partial charge in [-0.25, -0.2) is 4.79 Å². The van der Waals surface area contributed by atoms with Crippen LogP contribution < -0.4 is 11.2 Å². The van der Waals surface area contributed by atoms with Crippen LogP contribution in [0.4, 0.5) is 0 Å². The molecule has 0 aliphatic carbocycles. The molecule has 2 aromatic heterocycles. The normalized spacial score (nSPS) is 15.7. The van der Waals surface area contributed by atoms with Crippen LogP contribution in [0.1, 0.15) is 25.7 Å². The molecule has 24 heavy (non-hydrogen) atoms. The molecule has 1 aliphatic rings. The number of carbonyl (C=O) groups excluding carboxylic acids is 1. The molecule has 0 aromatic carbocycles. The molecule has 0 unspecified atom stereocenters. The molecule has 9 heteroatoms. The van der Waals surface area contributed by atoms with Crippen LogP contribution in [0.5, 0.6) is 0 Å². The van der Waals surface area contributed by atoms with Crippen molar-refractivity contribution in [2.75, 3.05) is 13.1 Å². The van der Waals surface area contributed by atoms with Gasteiger partial charge in [-0.3, -0.25) is 23.3 Å². The molecule has 3 heterocycles. The second-order valence-corrected chi connectivity index (χ2v) is 6.48. The molecule has 0 bridgehead atoms. The van der Waals surface area contributed by atoms with Crippen LogP contribution in [0.15, 0.2) is 9.59 Å². The Bertz CT molecular complexity index is 902. The Labute approximate surface area is 143 Å². The molecule has 0 radical (unpaired) electrons. The van der Waals surface area contributed by atoms with E-state index in [1.165, 1.54) is 23.2 Å². The number of halogens is 1. The molecular weight excluding hydrogens is 334 g/mol. The molecular formula is C15H20ClN5O3. The van der Waals surface area contributed by atoms with Crippen LogP contribution in [0, 0.1) is 0 Å². The van der Waals surface area contributed by atoms with Gasteiger partial charge in [0.2, 0.25) is 11.2 Å². The highest BCUT2D eigenvalue weighted by molar-refractivity contribution is 6.29. The number of hydrogen-bond acceptors (Lipinski definition) is 4. The summed E-state index contributed by atoms with van der Waals surface area (Å²) >= 11 is 6.15. The number of likely N-dealkylation sites (tertiary alicyclic amines) is 1. The first-order valence-electron chi connectivity index (χ1n) is 8.01. The maximum atomic E-state index is 12.6. The van der Waals surface area contributed by atoms with Crippen LogP contribution in [-0.4, -0.2) is 42.6 Å². The molecule has 1 saturated heterocycles. The van der Waals surface area contributed by atoms with Gasteiger partial charge in [0.1, 0.15) is 6.54 Å². The molecule has 0 N–H and O–H groups in total. The summed E-state index contributed by atoms with van der Waals surface area (Å²) in [6, 6.07) is 0. The minimum atomic E-state index is -0.504. The molecule has 1 fully saturated rings. The Morgan fingerprint density at radius 3 is 2.33 bits per heavy atom. The fraction of sp³-hybridized carbons (Fsp3) is 0.600. The van der Waals surface area contributed by atoms with E-state index in [1.807, 2.05) is 4.90 Å². The summed E-state index contributed by atoms with van der Waals surface area (Å²) in [5.74, 6) is -0.0889. The lowest BCUT2D eigenvalue weighted by molar-refractivity contribution is -0.131. The van der Waals surface area contributed by atoms with Crippen LogP contribution in [0.2, 0.25) is 5.28 Å². The van der Waals surface area contributed by atoms with Gasteiger partial charge in [0.15, 0.2) is 11.2 Å². The van der Waals surface area contributed by atoms with E-state index in [9.17, 15) is 14.4 Å². The zero-order valence-electron chi connectivity index (χ0n) is 13.8. The first kappa shape index (κ1) is 16.8. The van der Waals surface area contributed by atoms with Crippen LogP contribution in [0.25, 0.3) is 11.2 Å². The minimum Gasteiger partial charge on any atom is -0.341 e. The van der Waals surface area contributed by atoms with Gasteiger partial charge in [0.05, 0.1) is 0 Å². The second kappa shape index (κ2) is 6.43. The third-order valence-electron chi connectivity index (χ3n) is 4.55. The standard InChI is InChI=1S/C15H20ClN5O3/c1-18-12-11(13(23)19(2)15(18)24)21(14(16)17-12)9-10(22)20-7-5-3-4-6-8-20/h3-9H2,1-2H3. The summed E-state index contributed by atoms with van der Waals surface area (Å²) in [6.07, 6.45) is 4.23. The SMILES string of the molecule is Cn1c(=O)c2c(nc(Cl)n2CC(=O)N2CCCCCC2)n(C)c1=O.